The van der Waals surface area contributed by atoms with Gasteiger partial charge < -0.3 is 4.74 Å². The topological polar surface area (TPSA) is 95.2 Å². The summed E-state index contributed by atoms with van der Waals surface area (Å²) in [7, 11) is -0.732. The van der Waals surface area contributed by atoms with Crippen LogP contribution in [0.25, 0.3) is 11.3 Å². The van der Waals surface area contributed by atoms with Crippen molar-refractivity contribution in [3.05, 3.63) is 30.6 Å². The van der Waals surface area contributed by atoms with Crippen molar-refractivity contribution in [2.24, 2.45) is 0 Å². The van der Waals surface area contributed by atoms with Crippen molar-refractivity contribution in [3.63, 3.8) is 0 Å². The zero-order valence-electron chi connectivity index (χ0n) is 12.3. The molecule has 0 aliphatic carbocycles. The molecule has 0 aromatic carbocycles. The van der Waals surface area contributed by atoms with E-state index in [1.807, 2.05) is 6.07 Å². The lowest BCUT2D eigenvalue weighted by molar-refractivity contribution is -0.753. The molecule has 22 heavy (non-hydrogen) atoms. The second kappa shape index (κ2) is 7.23. The average Bonchev–Trinajstić information content (AvgIpc) is 2.55. The zero-order chi connectivity index (χ0) is 16.0. The molecule has 0 aliphatic heterocycles. The highest BCUT2D eigenvalue weighted by Crippen LogP contribution is 2.15. The van der Waals surface area contributed by atoms with Crippen molar-refractivity contribution in [1.29, 1.82) is 0 Å². The van der Waals surface area contributed by atoms with Gasteiger partial charge in [-0.15, -0.1) is 10.2 Å². The summed E-state index contributed by atoms with van der Waals surface area (Å²) in [6, 6.07) is 5.35. The Labute approximate surface area is 128 Å². The molecule has 0 aliphatic rings. The van der Waals surface area contributed by atoms with Crippen molar-refractivity contribution in [2.75, 3.05) is 20.0 Å². The molecule has 0 fully saturated rings. The van der Waals surface area contributed by atoms with Gasteiger partial charge in [-0.1, -0.05) is 4.68 Å². The normalized spacial score (nSPS) is 11.4. The minimum absolute atomic E-state index is 0.0378. The van der Waals surface area contributed by atoms with Gasteiger partial charge in [-0.2, -0.15) is 8.42 Å². The number of aromatic nitrogens is 4. The van der Waals surface area contributed by atoms with Crippen LogP contribution in [-0.2, 0) is 20.8 Å². The Morgan fingerprint density at radius 2 is 2.00 bits per heavy atom. The van der Waals surface area contributed by atoms with E-state index < -0.39 is 10.1 Å². The molecule has 2 heterocycles. The summed E-state index contributed by atoms with van der Waals surface area (Å²) in [6.07, 6.45) is 3.84. The first-order chi connectivity index (χ1) is 10.5. The Hall–Kier alpha value is -2.13. The van der Waals surface area contributed by atoms with Crippen molar-refractivity contribution in [1.82, 2.24) is 15.3 Å². The van der Waals surface area contributed by atoms with E-state index in [-0.39, 0.29) is 5.75 Å². The van der Waals surface area contributed by atoms with E-state index in [0.717, 1.165) is 12.7 Å². The van der Waals surface area contributed by atoms with Crippen LogP contribution >= 0.6 is 0 Å². The molecule has 118 valence electrons. The van der Waals surface area contributed by atoms with Gasteiger partial charge in [-0.25, -0.2) is 0 Å². The van der Waals surface area contributed by atoms with Crippen molar-refractivity contribution in [2.45, 2.75) is 13.0 Å². The molecule has 0 N–H and O–H groups in total. The predicted molar refractivity (Wildman–Crippen MR) is 77.4 cm³/mol. The van der Waals surface area contributed by atoms with Gasteiger partial charge in [0.1, 0.15) is 6.20 Å². The second-order valence-corrected chi connectivity index (χ2v) is 6.28. The fraction of sp³-hybridized carbons (Fsp3) is 0.385. The Morgan fingerprint density at radius 1 is 1.18 bits per heavy atom. The lowest BCUT2D eigenvalue weighted by Gasteiger charge is -2.01. The van der Waals surface area contributed by atoms with Crippen LogP contribution in [0.4, 0.5) is 0 Å². The molecule has 0 amide bonds. The number of hydrogen-bond acceptors (Lipinski definition) is 7. The maximum Gasteiger partial charge on any atom is 0.267 e. The van der Waals surface area contributed by atoms with Gasteiger partial charge in [0.25, 0.3) is 10.1 Å². The van der Waals surface area contributed by atoms with Crippen molar-refractivity contribution in [3.8, 4) is 17.1 Å². The van der Waals surface area contributed by atoms with Gasteiger partial charge in [0.15, 0.2) is 12.7 Å². The third kappa shape index (κ3) is 4.43. The number of aryl methyl sites for hydroxylation is 1. The maximum absolute atomic E-state index is 11.2. The molecule has 9 heteroatoms. The Morgan fingerprint density at radius 3 is 2.55 bits per heavy atom. The first kappa shape index (κ1) is 16.2. The number of nitrogens with zero attached hydrogens (tertiary/aromatic N) is 4. The summed E-state index contributed by atoms with van der Waals surface area (Å²) in [5.41, 5.74) is 1.50. The third-order valence-corrected chi connectivity index (χ3v) is 4.25. The van der Waals surface area contributed by atoms with Gasteiger partial charge in [0.05, 0.1) is 25.7 Å². The SMILES string of the molecule is COc1ccc(-c2cc[n+](CCCS(=O)(=O)OC)nc2)nn1. The molecule has 0 unspecified atom stereocenters. The smallest absolute Gasteiger partial charge is 0.267 e. The lowest BCUT2D eigenvalue weighted by atomic mass is 10.2. The fourth-order valence-corrected chi connectivity index (χ4v) is 2.39. The first-order valence-electron chi connectivity index (χ1n) is 6.56. The van der Waals surface area contributed by atoms with Crippen LogP contribution in [0.5, 0.6) is 5.88 Å². The lowest BCUT2D eigenvalue weighted by Crippen LogP contribution is -2.38. The van der Waals surface area contributed by atoms with Crippen LogP contribution in [0.3, 0.4) is 0 Å². The highest BCUT2D eigenvalue weighted by Gasteiger charge is 2.11. The summed E-state index contributed by atoms with van der Waals surface area (Å²) in [6.45, 7) is 0.483. The van der Waals surface area contributed by atoms with Gasteiger partial charge >= 0.3 is 0 Å². The standard InChI is InChI=1S/C13H17N4O4S/c1-20-13-5-4-12(15-16-13)11-6-8-17(14-10-11)7-3-9-22(18,19)21-2/h4-6,8,10H,3,7,9H2,1-2H3/q+1. The van der Waals surface area contributed by atoms with Gasteiger partial charge in [-0.3, -0.25) is 4.18 Å². The van der Waals surface area contributed by atoms with E-state index in [4.69, 9.17) is 4.74 Å². The maximum atomic E-state index is 11.2. The van der Waals surface area contributed by atoms with E-state index >= 15 is 0 Å². The quantitative estimate of drug-likeness (QED) is 0.530. The van der Waals surface area contributed by atoms with Crippen LogP contribution in [0.15, 0.2) is 30.6 Å². The Bertz CT molecular complexity index is 702. The van der Waals surface area contributed by atoms with E-state index in [1.165, 1.54) is 7.11 Å². The minimum atomic E-state index is -3.42. The fourth-order valence-electron chi connectivity index (χ4n) is 1.74. The molecular weight excluding hydrogens is 308 g/mol. The molecule has 2 rings (SSSR count). The largest absolute Gasteiger partial charge is 0.480 e. The number of methoxy groups -OCH3 is 1. The molecule has 0 saturated carbocycles. The highest BCUT2D eigenvalue weighted by molar-refractivity contribution is 7.86. The van der Waals surface area contributed by atoms with E-state index in [0.29, 0.717) is 24.5 Å². The van der Waals surface area contributed by atoms with Crippen molar-refractivity contribution < 1.29 is 22.0 Å². The van der Waals surface area contributed by atoms with E-state index in [2.05, 4.69) is 19.5 Å². The molecule has 0 radical (unpaired) electrons. The molecular formula is C13H17N4O4S+. The molecule has 0 bridgehead atoms. The zero-order valence-corrected chi connectivity index (χ0v) is 13.2. The molecule has 0 spiro atoms. The predicted octanol–water partition coefficient (Wildman–Crippen LogP) is 0.201. The van der Waals surface area contributed by atoms with Gasteiger partial charge in [-0.05, 0) is 11.2 Å². The molecule has 0 atom stereocenters. The van der Waals surface area contributed by atoms with Crippen LogP contribution in [0.2, 0.25) is 0 Å². The number of hydrogen-bond donors (Lipinski definition) is 0. The van der Waals surface area contributed by atoms with Crippen LogP contribution in [0.1, 0.15) is 6.42 Å². The average molecular weight is 325 g/mol. The first-order valence-corrected chi connectivity index (χ1v) is 8.14. The van der Waals surface area contributed by atoms with E-state index in [9.17, 15) is 8.42 Å². The second-order valence-electron chi connectivity index (χ2n) is 4.42. The Balaban J connectivity index is 1.97. The van der Waals surface area contributed by atoms with Crippen LogP contribution in [-0.4, -0.2) is 43.7 Å². The molecule has 2 aromatic heterocycles. The molecule has 2 aromatic rings. The summed E-state index contributed by atoms with van der Waals surface area (Å²) >= 11 is 0. The van der Waals surface area contributed by atoms with Gasteiger partial charge in [0.2, 0.25) is 5.88 Å². The number of rotatable bonds is 7. The third-order valence-electron chi connectivity index (χ3n) is 2.95. The molecule has 8 nitrogen and oxygen atoms in total. The summed E-state index contributed by atoms with van der Waals surface area (Å²) < 4.78 is 33.4. The summed E-state index contributed by atoms with van der Waals surface area (Å²) in [5, 5.41) is 12.2. The van der Waals surface area contributed by atoms with Crippen LogP contribution < -0.4 is 9.42 Å². The van der Waals surface area contributed by atoms with Gasteiger partial charge in [0, 0.05) is 24.1 Å². The minimum Gasteiger partial charge on any atom is -0.480 e. The monoisotopic (exact) mass is 325 g/mol. The number of ether oxygens (including phenoxy) is 1. The molecule has 0 saturated heterocycles. The summed E-state index contributed by atoms with van der Waals surface area (Å²) in [5.74, 6) is 0.409. The van der Waals surface area contributed by atoms with Crippen LogP contribution in [0, 0.1) is 0 Å². The summed E-state index contributed by atoms with van der Waals surface area (Å²) in [4.78, 5) is 0. The highest BCUT2D eigenvalue weighted by atomic mass is 32.2. The van der Waals surface area contributed by atoms with E-state index in [1.54, 1.807) is 29.2 Å². The Kier molecular flexibility index (Phi) is 5.34. The van der Waals surface area contributed by atoms with Crippen molar-refractivity contribution >= 4 is 10.1 Å².